The van der Waals surface area contributed by atoms with Gasteiger partial charge in [-0.15, -0.1) is 0 Å². The summed E-state index contributed by atoms with van der Waals surface area (Å²) < 4.78 is 10.6. The van der Waals surface area contributed by atoms with Crippen molar-refractivity contribution in [2.45, 2.75) is 26.4 Å². The number of ether oxygens (including phenoxy) is 1. The van der Waals surface area contributed by atoms with Crippen LogP contribution in [-0.4, -0.2) is 22.9 Å². The molecule has 1 aromatic heterocycles. The monoisotopic (exact) mass is 416 g/mol. The minimum atomic E-state index is -1.09. The van der Waals surface area contributed by atoms with Crippen molar-refractivity contribution >= 4 is 45.8 Å². The number of carbonyl (C=O) groups is 2. The predicted octanol–water partition coefficient (Wildman–Crippen LogP) is 4.42. The number of halogens is 1. The van der Waals surface area contributed by atoms with Gasteiger partial charge in [-0.3, -0.25) is 19.7 Å². The molecule has 0 aliphatic rings. The summed E-state index contributed by atoms with van der Waals surface area (Å²) in [5.74, 6) is -1.20. The summed E-state index contributed by atoms with van der Waals surface area (Å²) in [6.07, 6.45) is 0.354. The van der Waals surface area contributed by atoms with Crippen molar-refractivity contribution in [2.24, 2.45) is 0 Å². The van der Waals surface area contributed by atoms with E-state index in [1.54, 1.807) is 0 Å². The van der Waals surface area contributed by atoms with Gasteiger partial charge in [0.2, 0.25) is 0 Å². The van der Waals surface area contributed by atoms with Gasteiger partial charge in [0, 0.05) is 23.1 Å². The Labute approximate surface area is 170 Å². The third-order valence-corrected chi connectivity index (χ3v) is 4.56. The summed E-state index contributed by atoms with van der Waals surface area (Å²) in [5, 5.41) is 14.0. The van der Waals surface area contributed by atoms with Crippen LogP contribution in [0.1, 0.15) is 18.1 Å². The van der Waals surface area contributed by atoms with Gasteiger partial charge in [0.25, 0.3) is 11.6 Å². The van der Waals surface area contributed by atoms with Crippen LogP contribution in [0.3, 0.4) is 0 Å². The van der Waals surface area contributed by atoms with E-state index in [0.717, 1.165) is 17.0 Å². The average molecular weight is 417 g/mol. The lowest BCUT2D eigenvalue weighted by molar-refractivity contribution is -0.384. The number of aryl methyl sites for hydroxylation is 1. The molecule has 8 nitrogen and oxygen atoms in total. The van der Waals surface area contributed by atoms with Crippen LogP contribution in [0.5, 0.6) is 0 Å². The molecule has 0 saturated carbocycles. The number of rotatable bonds is 6. The van der Waals surface area contributed by atoms with Crippen molar-refractivity contribution in [1.82, 2.24) is 0 Å². The highest BCUT2D eigenvalue weighted by molar-refractivity contribution is 6.34. The number of amides is 1. The standard InChI is InChI=1S/C20H17ClN2O6/c1-11-3-5-15-13(10-28-18(15)7-11)8-19(24)29-12(2)20(25)22-17-6-4-14(23(26)27)9-16(17)21/h3-7,9-10,12H,8H2,1-2H3,(H,22,25). The Bertz CT molecular complexity index is 1110. The summed E-state index contributed by atoms with van der Waals surface area (Å²) in [6, 6.07) is 9.30. The SMILES string of the molecule is Cc1ccc2c(CC(=O)OC(C)C(=O)Nc3ccc([N+](=O)[O-])cc3Cl)coc2c1. The number of furan rings is 1. The fourth-order valence-electron chi connectivity index (χ4n) is 2.73. The summed E-state index contributed by atoms with van der Waals surface area (Å²) in [4.78, 5) is 34.6. The van der Waals surface area contributed by atoms with Gasteiger partial charge in [-0.2, -0.15) is 0 Å². The van der Waals surface area contributed by atoms with Crippen molar-refractivity contribution < 1.29 is 23.7 Å². The van der Waals surface area contributed by atoms with Gasteiger partial charge in [-0.05, 0) is 31.5 Å². The Kier molecular flexibility index (Phi) is 5.84. The van der Waals surface area contributed by atoms with Crippen LogP contribution in [0, 0.1) is 17.0 Å². The van der Waals surface area contributed by atoms with Crippen LogP contribution in [-0.2, 0) is 20.7 Å². The molecular formula is C20H17ClN2O6. The number of nitro groups is 1. The van der Waals surface area contributed by atoms with Crippen LogP contribution in [0.25, 0.3) is 11.0 Å². The molecule has 0 saturated heterocycles. The van der Waals surface area contributed by atoms with Gasteiger partial charge in [0.1, 0.15) is 5.58 Å². The molecule has 29 heavy (non-hydrogen) atoms. The first-order valence-electron chi connectivity index (χ1n) is 8.65. The molecule has 3 aromatic rings. The first-order chi connectivity index (χ1) is 13.7. The number of esters is 1. The summed E-state index contributed by atoms with van der Waals surface area (Å²) in [6.45, 7) is 3.36. The summed E-state index contributed by atoms with van der Waals surface area (Å²) >= 11 is 5.95. The lowest BCUT2D eigenvalue weighted by Gasteiger charge is -2.14. The molecule has 1 amide bonds. The molecule has 0 aliphatic carbocycles. The van der Waals surface area contributed by atoms with E-state index in [-0.39, 0.29) is 22.8 Å². The van der Waals surface area contributed by atoms with Gasteiger partial charge in [-0.25, -0.2) is 0 Å². The van der Waals surface area contributed by atoms with Gasteiger partial charge < -0.3 is 14.5 Å². The van der Waals surface area contributed by atoms with Gasteiger partial charge in [0.05, 0.1) is 28.3 Å². The number of benzene rings is 2. The zero-order chi connectivity index (χ0) is 21.1. The van der Waals surface area contributed by atoms with Crippen LogP contribution in [0.4, 0.5) is 11.4 Å². The normalized spacial score (nSPS) is 11.8. The van der Waals surface area contributed by atoms with E-state index in [4.69, 9.17) is 20.8 Å². The zero-order valence-corrected chi connectivity index (χ0v) is 16.4. The lowest BCUT2D eigenvalue weighted by atomic mass is 10.1. The number of anilines is 1. The minimum Gasteiger partial charge on any atom is -0.464 e. The van der Waals surface area contributed by atoms with E-state index in [9.17, 15) is 19.7 Å². The first-order valence-corrected chi connectivity index (χ1v) is 9.03. The molecule has 1 atom stereocenters. The highest BCUT2D eigenvalue weighted by atomic mass is 35.5. The molecule has 9 heteroatoms. The second-order valence-electron chi connectivity index (χ2n) is 6.48. The molecule has 2 aromatic carbocycles. The number of hydrogen-bond acceptors (Lipinski definition) is 6. The predicted molar refractivity (Wildman–Crippen MR) is 107 cm³/mol. The van der Waals surface area contributed by atoms with Crippen LogP contribution < -0.4 is 5.32 Å². The van der Waals surface area contributed by atoms with Gasteiger partial charge in [0.15, 0.2) is 6.10 Å². The lowest BCUT2D eigenvalue weighted by Crippen LogP contribution is -2.30. The summed E-state index contributed by atoms with van der Waals surface area (Å²) in [7, 11) is 0. The third-order valence-electron chi connectivity index (χ3n) is 4.24. The molecule has 3 rings (SSSR count). The molecule has 1 N–H and O–H groups in total. The molecular weight excluding hydrogens is 400 g/mol. The number of fused-ring (bicyclic) bond motifs is 1. The molecule has 0 bridgehead atoms. The van der Waals surface area contributed by atoms with Crippen molar-refractivity contribution in [3.8, 4) is 0 Å². The molecule has 0 spiro atoms. The second kappa shape index (κ2) is 8.32. The number of non-ortho nitro benzene ring substituents is 1. The summed E-state index contributed by atoms with van der Waals surface area (Å²) in [5.41, 5.74) is 2.36. The topological polar surface area (TPSA) is 112 Å². The Morgan fingerprint density at radius 2 is 2.03 bits per heavy atom. The smallest absolute Gasteiger partial charge is 0.311 e. The Hall–Kier alpha value is -3.39. The first kappa shape index (κ1) is 20.3. The molecule has 0 radical (unpaired) electrons. The van der Waals surface area contributed by atoms with Crippen molar-refractivity contribution in [3.63, 3.8) is 0 Å². The number of nitro benzene ring substituents is 1. The van der Waals surface area contributed by atoms with Crippen LogP contribution in [0.15, 0.2) is 47.1 Å². The Morgan fingerprint density at radius 3 is 2.72 bits per heavy atom. The van der Waals surface area contributed by atoms with Gasteiger partial charge >= 0.3 is 5.97 Å². The van der Waals surface area contributed by atoms with E-state index in [1.165, 1.54) is 25.3 Å². The van der Waals surface area contributed by atoms with Crippen LogP contribution in [0.2, 0.25) is 5.02 Å². The van der Waals surface area contributed by atoms with E-state index in [1.807, 2.05) is 25.1 Å². The largest absolute Gasteiger partial charge is 0.464 e. The molecule has 150 valence electrons. The Balaban J connectivity index is 1.61. The number of hydrogen-bond donors (Lipinski definition) is 1. The third kappa shape index (κ3) is 4.72. The molecule has 0 aliphatic heterocycles. The zero-order valence-electron chi connectivity index (χ0n) is 15.6. The maximum Gasteiger partial charge on any atom is 0.311 e. The van der Waals surface area contributed by atoms with Crippen molar-refractivity contribution in [2.75, 3.05) is 5.32 Å². The fraction of sp³-hybridized carbons (Fsp3) is 0.200. The van der Waals surface area contributed by atoms with Crippen molar-refractivity contribution in [1.29, 1.82) is 0 Å². The maximum atomic E-state index is 12.3. The van der Waals surface area contributed by atoms with Crippen molar-refractivity contribution in [3.05, 3.63) is 68.9 Å². The number of nitrogens with zero attached hydrogens (tertiary/aromatic N) is 1. The Morgan fingerprint density at radius 1 is 1.28 bits per heavy atom. The average Bonchev–Trinajstić information content (AvgIpc) is 3.04. The maximum absolute atomic E-state index is 12.3. The highest BCUT2D eigenvalue weighted by Crippen LogP contribution is 2.27. The number of nitrogens with one attached hydrogen (secondary N) is 1. The van der Waals surface area contributed by atoms with E-state index < -0.39 is 22.9 Å². The molecule has 0 fully saturated rings. The number of carbonyl (C=O) groups excluding carboxylic acids is 2. The highest BCUT2D eigenvalue weighted by Gasteiger charge is 2.21. The van der Waals surface area contributed by atoms with E-state index in [2.05, 4.69) is 5.32 Å². The van der Waals surface area contributed by atoms with Gasteiger partial charge in [-0.1, -0.05) is 23.7 Å². The fourth-order valence-corrected chi connectivity index (χ4v) is 2.95. The quantitative estimate of drug-likeness (QED) is 0.361. The van der Waals surface area contributed by atoms with Crippen LogP contribution >= 0.6 is 11.6 Å². The van der Waals surface area contributed by atoms with E-state index in [0.29, 0.717) is 11.1 Å². The molecule has 1 unspecified atom stereocenters. The van der Waals surface area contributed by atoms with E-state index >= 15 is 0 Å². The minimum absolute atomic E-state index is 0.00577. The second-order valence-corrected chi connectivity index (χ2v) is 6.89. The molecule has 1 heterocycles.